The largest absolute Gasteiger partial charge is 0.383 e. The van der Waals surface area contributed by atoms with Gasteiger partial charge in [0.25, 0.3) is 5.91 Å². The molecule has 3 aromatic heterocycles. The molecule has 9 heteroatoms. The Kier molecular flexibility index (Phi) is 5.74. The molecule has 164 valence electrons. The summed E-state index contributed by atoms with van der Waals surface area (Å²) in [6.45, 7) is 1.16. The molecule has 0 saturated carbocycles. The molecule has 9 nitrogen and oxygen atoms in total. The van der Waals surface area contributed by atoms with Gasteiger partial charge in [0.1, 0.15) is 11.5 Å². The van der Waals surface area contributed by atoms with Crippen LogP contribution in [0.4, 0.5) is 0 Å². The summed E-state index contributed by atoms with van der Waals surface area (Å²) in [6, 6.07) is 11.5. The van der Waals surface area contributed by atoms with Crippen molar-refractivity contribution >= 4 is 27.8 Å². The van der Waals surface area contributed by atoms with Crippen molar-refractivity contribution in [3.8, 4) is 22.9 Å². The maximum Gasteiger partial charge on any atom is 0.251 e. The van der Waals surface area contributed by atoms with Crippen LogP contribution in [0.1, 0.15) is 17.8 Å². The lowest BCUT2D eigenvalue weighted by molar-refractivity contribution is 0.0963. The van der Waals surface area contributed by atoms with Crippen molar-refractivity contribution in [1.29, 1.82) is 0 Å². The summed E-state index contributed by atoms with van der Waals surface area (Å²) >= 11 is 0. The molecule has 5 rings (SSSR count). The number of methoxy groups -OCH3 is 1. The Morgan fingerprint density at radius 1 is 1.19 bits per heavy atom. The molecule has 0 spiro atoms. The summed E-state index contributed by atoms with van der Waals surface area (Å²) in [6.07, 6.45) is 3.57. The Bertz CT molecular complexity index is 1400. The SMILES string of the molecule is C.CNC(=O)c1ccc2c(c1)nc(-c1cnc(-c3ccc4[nH]ncc4c3)[nH]1)n2CCOC. The number of rotatable bonds is 6. The van der Waals surface area contributed by atoms with E-state index in [0.29, 0.717) is 18.7 Å². The number of ether oxygens (including phenoxy) is 1. The Labute approximate surface area is 184 Å². The maximum atomic E-state index is 12.0. The number of H-pyrrole nitrogens is 2. The first-order chi connectivity index (χ1) is 15.2. The fourth-order valence-corrected chi connectivity index (χ4v) is 3.70. The zero-order chi connectivity index (χ0) is 21.4. The highest BCUT2D eigenvalue weighted by molar-refractivity contribution is 5.97. The molecule has 0 aliphatic heterocycles. The van der Waals surface area contributed by atoms with Gasteiger partial charge < -0.3 is 19.6 Å². The quantitative estimate of drug-likeness (QED) is 0.380. The van der Waals surface area contributed by atoms with E-state index in [1.54, 1.807) is 38.7 Å². The maximum absolute atomic E-state index is 12.0. The lowest BCUT2D eigenvalue weighted by Gasteiger charge is -2.07. The first-order valence-corrected chi connectivity index (χ1v) is 9.88. The van der Waals surface area contributed by atoms with E-state index < -0.39 is 0 Å². The van der Waals surface area contributed by atoms with Crippen LogP contribution in [0.2, 0.25) is 0 Å². The van der Waals surface area contributed by atoms with Gasteiger partial charge in [-0.05, 0) is 36.4 Å². The fourth-order valence-electron chi connectivity index (χ4n) is 3.70. The predicted molar refractivity (Wildman–Crippen MR) is 124 cm³/mol. The summed E-state index contributed by atoms with van der Waals surface area (Å²) in [5.41, 5.74) is 4.96. The number of hydrogen-bond acceptors (Lipinski definition) is 5. The third kappa shape index (κ3) is 3.63. The van der Waals surface area contributed by atoms with E-state index in [1.165, 1.54) is 0 Å². The highest BCUT2D eigenvalue weighted by Gasteiger charge is 2.17. The number of carbonyl (C=O) groups is 1. The molecule has 5 aromatic rings. The third-order valence-corrected chi connectivity index (χ3v) is 5.29. The number of fused-ring (bicyclic) bond motifs is 2. The Hall–Kier alpha value is -3.98. The number of benzene rings is 2. The van der Waals surface area contributed by atoms with Crippen LogP contribution >= 0.6 is 0 Å². The van der Waals surface area contributed by atoms with Gasteiger partial charge in [0.15, 0.2) is 5.82 Å². The Morgan fingerprint density at radius 3 is 2.88 bits per heavy atom. The molecule has 0 fully saturated rings. The summed E-state index contributed by atoms with van der Waals surface area (Å²) in [5.74, 6) is 1.34. The van der Waals surface area contributed by atoms with Gasteiger partial charge in [0, 0.05) is 37.2 Å². The van der Waals surface area contributed by atoms with Crippen molar-refractivity contribution < 1.29 is 9.53 Å². The second-order valence-electron chi connectivity index (χ2n) is 7.18. The van der Waals surface area contributed by atoms with E-state index in [2.05, 4.69) is 30.0 Å². The predicted octanol–water partition coefficient (Wildman–Crippen LogP) is 3.61. The zero-order valence-corrected chi connectivity index (χ0v) is 17.1. The van der Waals surface area contributed by atoms with Gasteiger partial charge in [0.2, 0.25) is 0 Å². The van der Waals surface area contributed by atoms with Crippen LogP contribution in [0.5, 0.6) is 0 Å². The highest BCUT2D eigenvalue weighted by Crippen LogP contribution is 2.27. The van der Waals surface area contributed by atoms with E-state index >= 15 is 0 Å². The molecule has 0 aliphatic rings. The van der Waals surface area contributed by atoms with Gasteiger partial charge in [-0.2, -0.15) is 5.10 Å². The van der Waals surface area contributed by atoms with Crippen molar-refractivity contribution in [3.05, 3.63) is 54.4 Å². The lowest BCUT2D eigenvalue weighted by atomic mass is 10.1. The van der Waals surface area contributed by atoms with Gasteiger partial charge in [-0.3, -0.25) is 9.89 Å². The number of nitrogens with one attached hydrogen (secondary N) is 3. The summed E-state index contributed by atoms with van der Waals surface area (Å²) in [5, 5.41) is 10.7. The third-order valence-electron chi connectivity index (χ3n) is 5.29. The van der Waals surface area contributed by atoms with Crippen LogP contribution in [0.15, 0.2) is 48.8 Å². The number of imidazole rings is 2. The minimum absolute atomic E-state index is 0. The van der Waals surface area contributed by atoms with Crippen molar-refractivity contribution in [2.75, 3.05) is 20.8 Å². The highest BCUT2D eigenvalue weighted by atomic mass is 16.5. The molecule has 0 unspecified atom stereocenters. The van der Waals surface area contributed by atoms with Crippen LogP contribution < -0.4 is 5.32 Å². The van der Waals surface area contributed by atoms with E-state index in [4.69, 9.17) is 9.72 Å². The van der Waals surface area contributed by atoms with Crippen LogP contribution in [-0.2, 0) is 11.3 Å². The summed E-state index contributed by atoms with van der Waals surface area (Å²) in [4.78, 5) is 24.8. The molecule has 0 saturated heterocycles. The molecular formula is C23H25N7O2. The molecule has 0 bridgehead atoms. The van der Waals surface area contributed by atoms with Crippen molar-refractivity contribution in [1.82, 2.24) is 35.0 Å². The second-order valence-corrected chi connectivity index (χ2v) is 7.18. The minimum Gasteiger partial charge on any atom is -0.383 e. The summed E-state index contributed by atoms with van der Waals surface area (Å²) in [7, 11) is 3.28. The van der Waals surface area contributed by atoms with Gasteiger partial charge in [-0.25, -0.2) is 9.97 Å². The first kappa shape index (κ1) is 21.3. The van der Waals surface area contributed by atoms with Crippen LogP contribution in [0.25, 0.3) is 44.8 Å². The Balaban J connectivity index is 0.00000245. The number of aromatic amines is 2. The van der Waals surface area contributed by atoms with Gasteiger partial charge in [-0.1, -0.05) is 7.43 Å². The average molecular weight is 432 g/mol. The van der Waals surface area contributed by atoms with E-state index in [1.807, 2.05) is 24.3 Å². The minimum atomic E-state index is -0.145. The van der Waals surface area contributed by atoms with Crippen molar-refractivity contribution in [2.45, 2.75) is 14.0 Å². The molecule has 3 heterocycles. The molecule has 1 amide bonds. The number of carbonyl (C=O) groups excluding carboxylic acids is 1. The molecule has 0 aliphatic carbocycles. The number of hydrogen-bond donors (Lipinski definition) is 3. The average Bonchev–Trinajstić information content (AvgIpc) is 3.54. The zero-order valence-electron chi connectivity index (χ0n) is 17.1. The van der Waals surface area contributed by atoms with Crippen LogP contribution in [0.3, 0.4) is 0 Å². The number of nitrogens with zero attached hydrogens (tertiary/aromatic N) is 4. The van der Waals surface area contributed by atoms with E-state index in [9.17, 15) is 4.79 Å². The number of amides is 1. The molecular weight excluding hydrogens is 406 g/mol. The topological polar surface area (TPSA) is 114 Å². The number of aromatic nitrogens is 6. The van der Waals surface area contributed by atoms with Gasteiger partial charge in [0.05, 0.1) is 35.6 Å². The molecule has 0 radical (unpaired) electrons. The Morgan fingerprint density at radius 2 is 2.06 bits per heavy atom. The van der Waals surface area contributed by atoms with Gasteiger partial charge in [-0.15, -0.1) is 0 Å². The van der Waals surface area contributed by atoms with E-state index in [-0.39, 0.29) is 13.3 Å². The lowest BCUT2D eigenvalue weighted by Crippen LogP contribution is -2.17. The van der Waals surface area contributed by atoms with Crippen LogP contribution in [-0.4, -0.2) is 56.4 Å². The van der Waals surface area contributed by atoms with Crippen molar-refractivity contribution in [2.24, 2.45) is 0 Å². The molecule has 0 atom stereocenters. The monoisotopic (exact) mass is 431 g/mol. The summed E-state index contributed by atoms with van der Waals surface area (Å²) < 4.78 is 7.37. The van der Waals surface area contributed by atoms with E-state index in [0.717, 1.165) is 44.8 Å². The standard InChI is InChI=1S/C22H21N7O2.CH4/c1-23-22(30)14-4-6-19-17(10-14)27-21(29(19)7-8-31-2)18-12-24-20(26-18)13-3-5-16-15(9-13)11-25-28-16;/h3-6,9-12H,7-8H2,1-2H3,(H,23,30)(H,24,26)(H,25,28);1H4. The molecule has 32 heavy (non-hydrogen) atoms. The van der Waals surface area contributed by atoms with Crippen molar-refractivity contribution in [3.63, 3.8) is 0 Å². The fraction of sp³-hybridized carbons (Fsp3) is 0.217. The molecule has 2 aromatic carbocycles. The second kappa shape index (κ2) is 8.64. The first-order valence-electron chi connectivity index (χ1n) is 9.88. The van der Waals surface area contributed by atoms with Crippen LogP contribution in [0, 0.1) is 0 Å². The normalized spacial score (nSPS) is 11.1. The molecule has 3 N–H and O–H groups in total. The smallest absolute Gasteiger partial charge is 0.251 e. The van der Waals surface area contributed by atoms with Gasteiger partial charge >= 0.3 is 0 Å².